The molecule has 1 atom stereocenters. The van der Waals surface area contributed by atoms with Crippen molar-refractivity contribution in [3.63, 3.8) is 0 Å². The third-order valence-electron chi connectivity index (χ3n) is 5.97. The number of anilines is 2. The summed E-state index contributed by atoms with van der Waals surface area (Å²) in [5.41, 5.74) is 2.36. The molecule has 1 saturated heterocycles. The lowest BCUT2D eigenvalue weighted by Crippen LogP contribution is -2.29. The smallest absolute Gasteiger partial charge is 0.253 e. The number of nitrogens with zero attached hydrogens (tertiary/aromatic N) is 1. The van der Waals surface area contributed by atoms with Crippen molar-refractivity contribution in [1.29, 1.82) is 0 Å². The molecule has 0 unspecified atom stereocenters. The van der Waals surface area contributed by atoms with Crippen molar-refractivity contribution in [2.45, 2.75) is 19.9 Å². The highest BCUT2D eigenvalue weighted by molar-refractivity contribution is 6.07. The molecule has 8 nitrogen and oxygen atoms in total. The van der Waals surface area contributed by atoms with Crippen LogP contribution < -0.4 is 25.0 Å². The van der Waals surface area contributed by atoms with Gasteiger partial charge in [-0.2, -0.15) is 0 Å². The molecule has 36 heavy (non-hydrogen) atoms. The lowest BCUT2D eigenvalue weighted by Gasteiger charge is -2.18. The van der Waals surface area contributed by atoms with E-state index in [2.05, 4.69) is 10.6 Å². The normalized spacial score (nSPS) is 14.9. The van der Waals surface area contributed by atoms with Crippen LogP contribution in [0.4, 0.5) is 11.4 Å². The van der Waals surface area contributed by atoms with Gasteiger partial charge in [-0.25, -0.2) is 0 Å². The number of carbonyl (C=O) groups excluding carboxylic acids is 3. The van der Waals surface area contributed by atoms with Crippen LogP contribution in [0.1, 0.15) is 29.3 Å². The minimum atomic E-state index is -0.531. The van der Waals surface area contributed by atoms with Crippen molar-refractivity contribution in [3.8, 4) is 11.5 Å². The Kier molecular flexibility index (Phi) is 7.85. The SMILES string of the molecule is CCOc1ccc(N2C[C@H](C(=O)Nc3ccccc3C(=O)NCc3cccc(OC)c3)CC2=O)cc1. The molecule has 0 aromatic heterocycles. The maximum absolute atomic E-state index is 13.0. The van der Waals surface area contributed by atoms with Crippen molar-refractivity contribution in [1.82, 2.24) is 5.32 Å². The summed E-state index contributed by atoms with van der Waals surface area (Å²) in [5.74, 6) is 0.168. The number of rotatable bonds is 9. The molecule has 3 aromatic carbocycles. The van der Waals surface area contributed by atoms with Gasteiger partial charge in [-0.1, -0.05) is 24.3 Å². The van der Waals surface area contributed by atoms with Gasteiger partial charge >= 0.3 is 0 Å². The Morgan fingerprint density at radius 3 is 2.53 bits per heavy atom. The number of hydrogen-bond donors (Lipinski definition) is 2. The van der Waals surface area contributed by atoms with Crippen LogP contribution >= 0.6 is 0 Å². The highest BCUT2D eigenvalue weighted by atomic mass is 16.5. The van der Waals surface area contributed by atoms with E-state index in [4.69, 9.17) is 9.47 Å². The topological polar surface area (TPSA) is 97.0 Å². The van der Waals surface area contributed by atoms with Crippen LogP contribution in [0, 0.1) is 5.92 Å². The van der Waals surface area contributed by atoms with Crippen molar-refractivity contribution in [2.24, 2.45) is 5.92 Å². The first-order valence-electron chi connectivity index (χ1n) is 11.8. The van der Waals surface area contributed by atoms with Gasteiger partial charge < -0.3 is 25.0 Å². The lowest BCUT2D eigenvalue weighted by molar-refractivity contribution is -0.122. The Morgan fingerprint density at radius 2 is 1.78 bits per heavy atom. The Bertz CT molecular complexity index is 1240. The van der Waals surface area contributed by atoms with E-state index in [0.717, 1.165) is 17.0 Å². The van der Waals surface area contributed by atoms with Crippen molar-refractivity contribution in [2.75, 3.05) is 30.5 Å². The molecule has 0 radical (unpaired) electrons. The summed E-state index contributed by atoms with van der Waals surface area (Å²) in [5, 5.41) is 5.73. The first-order chi connectivity index (χ1) is 17.5. The predicted octanol–water partition coefficient (Wildman–Crippen LogP) is 4.02. The Balaban J connectivity index is 1.39. The minimum Gasteiger partial charge on any atom is -0.497 e. The van der Waals surface area contributed by atoms with E-state index in [9.17, 15) is 14.4 Å². The molecule has 0 aliphatic carbocycles. The van der Waals surface area contributed by atoms with Gasteiger partial charge in [0.05, 0.1) is 30.9 Å². The second kappa shape index (κ2) is 11.4. The second-order valence-electron chi connectivity index (χ2n) is 8.40. The van der Waals surface area contributed by atoms with Gasteiger partial charge in [-0.3, -0.25) is 14.4 Å². The van der Waals surface area contributed by atoms with E-state index in [0.29, 0.717) is 30.2 Å². The van der Waals surface area contributed by atoms with E-state index < -0.39 is 5.92 Å². The first kappa shape index (κ1) is 24.8. The summed E-state index contributed by atoms with van der Waals surface area (Å²) in [4.78, 5) is 40.2. The molecule has 4 rings (SSSR count). The quantitative estimate of drug-likeness (QED) is 0.475. The summed E-state index contributed by atoms with van der Waals surface area (Å²) in [6, 6.07) is 21.5. The van der Waals surface area contributed by atoms with Crippen LogP contribution in [0.5, 0.6) is 11.5 Å². The summed E-state index contributed by atoms with van der Waals surface area (Å²) in [7, 11) is 1.59. The number of hydrogen-bond acceptors (Lipinski definition) is 5. The van der Waals surface area contributed by atoms with Crippen molar-refractivity contribution < 1.29 is 23.9 Å². The van der Waals surface area contributed by atoms with Crippen molar-refractivity contribution in [3.05, 3.63) is 83.9 Å². The molecule has 1 heterocycles. The van der Waals surface area contributed by atoms with Gasteiger partial charge in [0, 0.05) is 25.2 Å². The van der Waals surface area contributed by atoms with E-state index in [1.165, 1.54) is 0 Å². The number of para-hydroxylation sites is 1. The highest BCUT2D eigenvalue weighted by Gasteiger charge is 2.35. The molecular formula is C28H29N3O5. The van der Waals surface area contributed by atoms with E-state index in [1.54, 1.807) is 48.4 Å². The monoisotopic (exact) mass is 487 g/mol. The third kappa shape index (κ3) is 5.83. The highest BCUT2D eigenvalue weighted by Crippen LogP contribution is 2.28. The summed E-state index contributed by atoms with van der Waals surface area (Å²) >= 11 is 0. The molecule has 0 spiro atoms. The molecule has 3 amide bonds. The fourth-order valence-corrected chi connectivity index (χ4v) is 4.11. The lowest BCUT2D eigenvalue weighted by atomic mass is 10.1. The minimum absolute atomic E-state index is 0.100. The molecular weight excluding hydrogens is 458 g/mol. The standard InChI is InChI=1S/C28H29N3O5/c1-3-36-22-13-11-21(12-14-22)31-18-20(16-26(31)32)27(33)30-25-10-5-4-9-24(25)28(34)29-17-19-7-6-8-23(15-19)35-2/h4-15,20H,3,16-18H2,1-2H3,(H,29,34)(H,30,33)/t20-/m1/s1. The van der Waals surface area contributed by atoms with E-state index in [1.807, 2.05) is 43.3 Å². The largest absolute Gasteiger partial charge is 0.497 e. The van der Waals surface area contributed by atoms with Gasteiger partial charge in [0.15, 0.2) is 0 Å². The molecule has 186 valence electrons. The number of methoxy groups -OCH3 is 1. The Labute approximate surface area is 210 Å². The number of ether oxygens (including phenoxy) is 2. The molecule has 1 fully saturated rings. The van der Waals surface area contributed by atoms with Gasteiger partial charge in [0.2, 0.25) is 11.8 Å². The van der Waals surface area contributed by atoms with E-state index in [-0.39, 0.29) is 30.7 Å². The fraction of sp³-hybridized carbons (Fsp3) is 0.250. The van der Waals surface area contributed by atoms with Gasteiger partial charge in [0.25, 0.3) is 5.91 Å². The summed E-state index contributed by atoms with van der Waals surface area (Å²) in [6.07, 6.45) is 0.100. The van der Waals surface area contributed by atoms with Crippen molar-refractivity contribution >= 4 is 29.1 Å². The molecule has 2 N–H and O–H groups in total. The van der Waals surface area contributed by atoms with E-state index >= 15 is 0 Å². The molecule has 3 aromatic rings. The predicted molar refractivity (Wildman–Crippen MR) is 137 cm³/mol. The maximum atomic E-state index is 13.0. The number of amides is 3. The van der Waals surface area contributed by atoms with Crippen LogP contribution in [-0.4, -0.2) is 38.0 Å². The zero-order valence-electron chi connectivity index (χ0n) is 20.3. The van der Waals surface area contributed by atoms with Crippen LogP contribution in [-0.2, 0) is 16.1 Å². The molecule has 1 aliphatic heterocycles. The van der Waals surface area contributed by atoms with Crippen LogP contribution in [0.2, 0.25) is 0 Å². The van der Waals surface area contributed by atoms with Crippen LogP contribution in [0.3, 0.4) is 0 Å². The average Bonchev–Trinajstić information content (AvgIpc) is 3.30. The molecule has 8 heteroatoms. The van der Waals surface area contributed by atoms with Gasteiger partial charge in [-0.15, -0.1) is 0 Å². The maximum Gasteiger partial charge on any atom is 0.253 e. The van der Waals surface area contributed by atoms with Gasteiger partial charge in [-0.05, 0) is 61.0 Å². The second-order valence-corrected chi connectivity index (χ2v) is 8.40. The number of nitrogens with one attached hydrogen (secondary N) is 2. The average molecular weight is 488 g/mol. The Morgan fingerprint density at radius 1 is 1.00 bits per heavy atom. The zero-order valence-corrected chi connectivity index (χ0v) is 20.3. The summed E-state index contributed by atoms with van der Waals surface area (Å²) in [6.45, 7) is 3.05. The van der Waals surface area contributed by atoms with Crippen LogP contribution in [0.15, 0.2) is 72.8 Å². The molecule has 0 saturated carbocycles. The fourth-order valence-electron chi connectivity index (χ4n) is 4.11. The number of carbonyl (C=O) groups is 3. The first-order valence-corrected chi connectivity index (χ1v) is 11.8. The number of benzene rings is 3. The van der Waals surface area contributed by atoms with Gasteiger partial charge in [0.1, 0.15) is 11.5 Å². The van der Waals surface area contributed by atoms with Crippen LogP contribution in [0.25, 0.3) is 0 Å². The summed E-state index contributed by atoms with van der Waals surface area (Å²) < 4.78 is 10.7. The zero-order chi connectivity index (χ0) is 25.5. The molecule has 1 aliphatic rings. The molecule has 0 bridgehead atoms. The Hall–Kier alpha value is -4.33. The third-order valence-corrected chi connectivity index (χ3v) is 5.97.